The van der Waals surface area contributed by atoms with Crippen LogP contribution in [0.3, 0.4) is 0 Å². The lowest BCUT2D eigenvalue weighted by molar-refractivity contribution is 0.458. The third-order valence-electron chi connectivity index (χ3n) is 5.23. The highest BCUT2D eigenvalue weighted by atomic mass is 35.5. The molecular formula is C25H27ClN4O. The Balaban J connectivity index is 1.73. The Kier molecular flexibility index (Phi) is 6.42. The number of rotatable bonds is 8. The molecule has 0 bridgehead atoms. The molecule has 6 heteroatoms. The summed E-state index contributed by atoms with van der Waals surface area (Å²) in [5, 5.41) is 5.06. The molecule has 0 aliphatic heterocycles. The quantitative estimate of drug-likeness (QED) is 0.306. The normalized spacial score (nSPS) is 11.1. The number of ether oxygens (including phenoxy) is 1. The van der Waals surface area contributed by atoms with Gasteiger partial charge in [-0.05, 0) is 43.0 Å². The highest BCUT2D eigenvalue weighted by molar-refractivity contribution is 6.32. The van der Waals surface area contributed by atoms with Crippen molar-refractivity contribution in [2.24, 2.45) is 0 Å². The van der Waals surface area contributed by atoms with Crippen LogP contribution in [0.1, 0.15) is 32.3 Å². The number of benzene rings is 2. The van der Waals surface area contributed by atoms with Crippen LogP contribution >= 0.6 is 11.6 Å². The first-order valence-electron chi connectivity index (χ1n) is 10.7. The fraction of sp³-hybridized carbons (Fsp3) is 0.280. The Labute approximate surface area is 188 Å². The minimum Gasteiger partial charge on any atom is -0.437 e. The van der Waals surface area contributed by atoms with Gasteiger partial charge in [0.05, 0.1) is 16.8 Å². The van der Waals surface area contributed by atoms with Crippen LogP contribution < -0.4 is 9.64 Å². The van der Waals surface area contributed by atoms with Gasteiger partial charge in [0, 0.05) is 19.2 Å². The maximum Gasteiger partial charge on any atom is 0.227 e. The van der Waals surface area contributed by atoms with Gasteiger partial charge in [-0.15, -0.1) is 0 Å². The average Bonchev–Trinajstić information content (AvgIpc) is 3.24. The molecule has 0 saturated carbocycles. The number of halogens is 1. The van der Waals surface area contributed by atoms with Gasteiger partial charge in [0.25, 0.3) is 0 Å². The molecule has 0 fully saturated rings. The molecule has 2 heterocycles. The Morgan fingerprint density at radius 3 is 2.39 bits per heavy atom. The van der Waals surface area contributed by atoms with Gasteiger partial charge in [0.2, 0.25) is 5.88 Å². The average molecular weight is 435 g/mol. The van der Waals surface area contributed by atoms with E-state index in [2.05, 4.69) is 36.0 Å². The van der Waals surface area contributed by atoms with E-state index in [9.17, 15) is 0 Å². The van der Waals surface area contributed by atoms with E-state index in [0.717, 1.165) is 54.1 Å². The second kappa shape index (κ2) is 9.40. The molecule has 0 radical (unpaired) electrons. The Bertz CT molecular complexity index is 1170. The van der Waals surface area contributed by atoms with Crippen LogP contribution in [0, 0.1) is 6.92 Å². The molecule has 31 heavy (non-hydrogen) atoms. The van der Waals surface area contributed by atoms with Crippen molar-refractivity contribution >= 4 is 23.1 Å². The predicted octanol–water partition coefficient (Wildman–Crippen LogP) is 6.78. The summed E-state index contributed by atoms with van der Waals surface area (Å²) < 4.78 is 8.14. The third-order valence-corrected chi connectivity index (χ3v) is 5.52. The SMILES string of the molecule is CCCN(CCC)c1c(C)c(Oc2ccc(-c3ccccc3)cc2Cl)nc2ccnn12. The Morgan fingerprint density at radius 2 is 1.71 bits per heavy atom. The maximum atomic E-state index is 6.60. The van der Waals surface area contributed by atoms with Crippen LogP contribution in [0.5, 0.6) is 11.6 Å². The third kappa shape index (κ3) is 4.37. The minimum absolute atomic E-state index is 0.551. The number of anilines is 1. The van der Waals surface area contributed by atoms with Crippen molar-refractivity contribution in [3.05, 3.63) is 71.4 Å². The second-order valence-corrected chi connectivity index (χ2v) is 7.97. The van der Waals surface area contributed by atoms with Gasteiger partial charge in [-0.25, -0.2) is 0 Å². The van der Waals surface area contributed by atoms with E-state index in [1.54, 1.807) is 6.20 Å². The highest BCUT2D eigenvalue weighted by Gasteiger charge is 2.20. The summed E-state index contributed by atoms with van der Waals surface area (Å²) >= 11 is 6.60. The summed E-state index contributed by atoms with van der Waals surface area (Å²) in [6, 6.07) is 17.9. The summed E-state index contributed by atoms with van der Waals surface area (Å²) in [7, 11) is 0. The maximum absolute atomic E-state index is 6.60. The molecular weight excluding hydrogens is 408 g/mol. The van der Waals surface area contributed by atoms with Crippen molar-refractivity contribution in [1.82, 2.24) is 14.6 Å². The fourth-order valence-electron chi connectivity index (χ4n) is 3.82. The topological polar surface area (TPSA) is 42.7 Å². The number of hydrogen-bond acceptors (Lipinski definition) is 4. The van der Waals surface area contributed by atoms with E-state index in [4.69, 9.17) is 21.3 Å². The van der Waals surface area contributed by atoms with Crippen LogP contribution in [-0.4, -0.2) is 27.7 Å². The van der Waals surface area contributed by atoms with E-state index in [1.807, 2.05) is 53.9 Å². The van der Waals surface area contributed by atoms with Crippen molar-refractivity contribution < 1.29 is 4.74 Å². The number of aromatic nitrogens is 3. The van der Waals surface area contributed by atoms with E-state index in [-0.39, 0.29) is 0 Å². The molecule has 0 aliphatic rings. The second-order valence-electron chi connectivity index (χ2n) is 7.57. The van der Waals surface area contributed by atoms with Crippen molar-refractivity contribution in [1.29, 1.82) is 0 Å². The van der Waals surface area contributed by atoms with Gasteiger partial charge in [-0.3, -0.25) is 0 Å². The Morgan fingerprint density at radius 1 is 0.968 bits per heavy atom. The number of nitrogens with zero attached hydrogens (tertiary/aromatic N) is 4. The number of hydrogen-bond donors (Lipinski definition) is 0. The van der Waals surface area contributed by atoms with Crippen LogP contribution in [-0.2, 0) is 0 Å². The molecule has 2 aromatic heterocycles. The fourth-order valence-corrected chi connectivity index (χ4v) is 4.04. The molecule has 4 rings (SSSR count). The molecule has 0 amide bonds. The Hall–Kier alpha value is -3.05. The van der Waals surface area contributed by atoms with Gasteiger partial charge in [-0.2, -0.15) is 14.6 Å². The van der Waals surface area contributed by atoms with E-state index >= 15 is 0 Å². The lowest BCUT2D eigenvalue weighted by atomic mass is 10.1. The molecule has 4 aromatic rings. The molecule has 2 aromatic carbocycles. The van der Waals surface area contributed by atoms with Gasteiger partial charge in [-0.1, -0.05) is 61.8 Å². The first-order valence-corrected chi connectivity index (χ1v) is 11.1. The van der Waals surface area contributed by atoms with Gasteiger partial charge < -0.3 is 9.64 Å². The number of fused-ring (bicyclic) bond motifs is 1. The highest BCUT2D eigenvalue weighted by Crippen LogP contribution is 2.36. The molecule has 0 N–H and O–H groups in total. The van der Waals surface area contributed by atoms with Gasteiger partial charge >= 0.3 is 0 Å². The largest absolute Gasteiger partial charge is 0.437 e. The smallest absolute Gasteiger partial charge is 0.227 e. The molecule has 0 saturated heterocycles. The van der Waals surface area contributed by atoms with E-state index in [0.29, 0.717) is 16.7 Å². The molecule has 0 unspecified atom stereocenters. The van der Waals surface area contributed by atoms with Crippen molar-refractivity contribution in [2.75, 3.05) is 18.0 Å². The standard InChI is InChI=1S/C25H27ClN4O/c1-4-15-29(16-5-2)25-18(3)24(28-23-13-14-27-30(23)25)31-22-12-11-20(17-21(22)26)19-9-7-6-8-10-19/h6-14,17H,4-5,15-16H2,1-3H3. The predicted molar refractivity (Wildman–Crippen MR) is 127 cm³/mol. The molecule has 0 spiro atoms. The van der Waals surface area contributed by atoms with Crippen LogP contribution in [0.15, 0.2) is 60.8 Å². The summed E-state index contributed by atoms with van der Waals surface area (Å²) in [5.41, 5.74) is 3.86. The monoisotopic (exact) mass is 434 g/mol. The van der Waals surface area contributed by atoms with Crippen molar-refractivity contribution in [2.45, 2.75) is 33.6 Å². The first kappa shape index (κ1) is 21.2. The summed E-state index contributed by atoms with van der Waals surface area (Å²) in [6.07, 6.45) is 3.87. The van der Waals surface area contributed by atoms with Gasteiger partial charge in [0.15, 0.2) is 5.65 Å². The lowest BCUT2D eigenvalue weighted by Gasteiger charge is -2.26. The van der Waals surface area contributed by atoms with Crippen molar-refractivity contribution in [3.63, 3.8) is 0 Å². The van der Waals surface area contributed by atoms with E-state index < -0.39 is 0 Å². The molecule has 0 aliphatic carbocycles. The van der Waals surface area contributed by atoms with Crippen LogP contribution in [0.4, 0.5) is 5.82 Å². The zero-order valence-electron chi connectivity index (χ0n) is 18.2. The zero-order chi connectivity index (χ0) is 21.8. The van der Waals surface area contributed by atoms with E-state index in [1.165, 1.54) is 0 Å². The summed E-state index contributed by atoms with van der Waals surface area (Å²) in [6.45, 7) is 8.29. The summed E-state index contributed by atoms with van der Waals surface area (Å²) in [4.78, 5) is 7.06. The summed E-state index contributed by atoms with van der Waals surface area (Å²) in [5.74, 6) is 2.16. The van der Waals surface area contributed by atoms with Crippen molar-refractivity contribution in [3.8, 4) is 22.8 Å². The lowest BCUT2D eigenvalue weighted by Crippen LogP contribution is -2.28. The molecule has 0 atom stereocenters. The van der Waals surface area contributed by atoms with Gasteiger partial charge in [0.1, 0.15) is 11.6 Å². The molecule has 5 nitrogen and oxygen atoms in total. The van der Waals surface area contributed by atoms with Crippen LogP contribution in [0.2, 0.25) is 5.02 Å². The van der Waals surface area contributed by atoms with Crippen LogP contribution in [0.25, 0.3) is 16.8 Å². The first-order chi connectivity index (χ1) is 15.1. The zero-order valence-corrected chi connectivity index (χ0v) is 18.9. The molecule has 160 valence electrons. The minimum atomic E-state index is 0.551.